The fourth-order valence-corrected chi connectivity index (χ4v) is 4.48. The Morgan fingerprint density at radius 2 is 2.25 bits per heavy atom. The number of methoxy groups -OCH3 is 1. The molecule has 4 heterocycles. The van der Waals surface area contributed by atoms with Crippen molar-refractivity contribution in [3.63, 3.8) is 0 Å². The van der Waals surface area contributed by atoms with E-state index in [0.717, 1.165) is 35.2 Å². The van der Waals surface area contributed by atoms with Crippen LogP contribution in [0.4, 0.5) is 0 Å². The Bertz CT molecular complexity index is 760. The Labute approximate surface area is 142 Å². The van der Waals surface area contributed by atoms with Gasteiger partial charge in [-0.25, -0.2) is 0 Å². The minimum atomic E-state index is -0.520. The summed E-state index contributed by atoms with van der Waals surface area (Å²) in [6, 6.07) is 8.31. The second kappa shape index (κ2) is 6.19. The van der Waals surface area contributed by atoms with Gasteiger partial charge in [0.25, 0.3) is 0 Å². The molecule has 1 aromatic carbocycles. The van der Waals surface area contributed by atoms with Crippen LogP contribution in [0.25, 0.3) is 10.9 Å². The quantitative estimate of drug-likeness (QED) is 0.877. The van der Waals surface area contributed by atoms with Gasteiger partial charge in [0, 0.05) is 23.7 Å². The van der Waals surface area contributed by atoms with Gasteiger partial charge in [0.1, 0.15) is 5.75 Å². The number of pyridine rings is 1. The molecule has 24 heavy (non-hydrogen) atoms. The third-order valence-electron chi connectivity index (χ3n) is 5.73. The van der Waals surface area contributed by atoms with Gasteiger partial charge in [-0.15, -0.1) is 6.58 Å². The zero-order valence-corrected chi connectivity index (χ0v) is 14.1. The maximum atomic E-state index is 11.2. The van der Waals surface area contributed by atoms with Gasteiger partial charge in [0.15, 0.2) is 0 Å². The van der Waals surface area contributed by atoms with Gasteiger partial charge in [0.2, 0.25) is 0 Å². The lowest BCUT2D eigenvalue weighted by molar-refractivity contribution is -0.0473. The normalized spacial score (nSPS) is 30.2. The van der Waals surface area contributed by atoms with Crippen LogP contribution in [0, 0.1) is 5.92 Å². The summed E-state index contributed by atoms with van der Waals surface area (Å²) in [6.45, 7) is 5.04. The maximum Gasteiger partial charge on any atom is 0.119 e. The van der Waals surface area contributed by atoms with Crippen molar-refractivity contribution >= 4 is 10.9 Å². The summed E-state index contributed by atoms with van der Waals surface area (Å²) in [6.07, 6.45) is 6.77. The molecule has 1 aromatic heterocycles. The zero-order chi connectivity index (χ0) is 16.7. The molecule has 0 radical (unpaired) electrons. The Balaban J connectivity index is 1.73. The highest BCUT2D eigenvalue weighted by Crippen LogP contribution is 2.42. The number of aromatic nitrogens is 1. The van der Waals surface area contributed by atoms with Crippen molar-refractivity contribution in [2.75, 3.05) is 13.7 Å². The molecule has 0 amide bonds. The number of aliphatic hydroxyl groups excluding tert-OH is 1. The number of aliphatic hydroxyl groups is 1. The summed E-state index contributed by atoms with van der Waals surface area (Å²) in [7, 11) is 1.66. The van der Waals surface area contributed by atoms with Crippen molar-refractivity contribution in [3.8, 4) is 5.75 Å². The number of piperidine rings is 3. The van der Waals surface area contributed by atoms with E-state index in [2.05, 4.69) is 16.5 Å². The lowest BCUT2D eigenvalue weighted by Crippen LogP contribution is -2.55. The summed E-state index contributed by atoms with van der Waals surface area (Å²) >= 11 is 0. The summed E-state index contributed by atoms with van der Waals surface area (Å²) in [5.41, 5.74) is 1.84. The first-order valence-electron chi connectivity index (χ1n) is 8.70. The molecule has 5 atom stereocenters. The highest BCUT2D eigenvalue weighted by molar-refractivity contribution is 5.83. The van der Waals surface area contributed by atoms with Gasteiger partial charge >= 0.3 is 0 Å². The number of hydrogen-bond acceptors (Lipinski definition) is 4. The predicted molar refractivity (Wildman–Crippen MR) is 95.1 cm³/mol. The van der Waals surface area contributed by atoms with E-state index >= 15 is 0 Å². The number of ether oxygens (including phenoxy) is 1. The summed E-state index contributed by atoms with van der Waals surface area (Å²) in [5, 5.41) is 12.2. The first kappa shape index (κ1) is 15.6. The van der Waals surface area contributed by atoms with Gasteiger partial charge in [-0.2, -0.15) is 0 Å². The number of hydrogen-bond donors (Lipinski definition) is 1. The molecule has 2 aromatic rings. The van der Waals surface area contributed by atoms with Crippen molar-refractivity contribution in [2.24, 2.45) is 5.92 Å². The molecule has 0 aliphatic carbocycles. The molecule has 3 aliphatic rings. The van der Waals surface area contributed by atoms with Gasteiger partial charge in [-0.3, -0.25) is 9.88 Å². The lowest BCUT2D eigenvalue weighted by Gasteiger charge is -2.51. The molecule has 1 N–H and O–H groups in total. The first-order valence-corrected chi connectivity index (χ1v) is 8.70. The largest absolute Gasteiger partial charge is 0.497 e. The zero-order valence-electron chi connectivity index (χ0n) is 14.1. The van der Waals surface area contributed by atoms with Crippen LogP contribution in [0.2, 0.25) is 0 Å². The van der Waals surface area contributed by atoms with E-state index in [4.69, 9.17) is 4.74 Å². The van der Waals surface area contributed by atoms with E-state index in [1.165, 1.54) is 12.8 Å². The van der Waals surface area contributed by atoms with Crippen LogP contribution in [0.3, 0.4) is 0 Å². The van der Waals surface area contributed by atoms with E-state index in [0.29, 0.717) is 12.0 Å². The molecule has 4 heteroatoms. The van der Waals surface area contributed by atoms with Crippen molar-refractivity contribution in [1.29, 1.82) is 0 Å². The average Bonchev–Trinajstić information content (AvgIpc) is 2.66. The predicted octanol–water partition coefficient (Wildman–Crippen LogP) is 3.32. The molecular weight excluding hydrogens is 300 g/mol. The maximum absolute atomic E-state index is 11.2. The van der Waals surface area contributed by atoms with E-state index < -0.39 is 6.10 Å². The molecule has 0 saturated carbocycles. The highest BCUT2D eigenvalue weighted by Gasteiger charge is 2.42. The monoisotopic (exact) mass is 324 g/mol. The molecule has 126 valence electrons. The topological polar surface area (TPSA) is 45.6 Å². The number of rotatable bonds is 4. The molecule has 0 spiro atoms. The van der Waals surface area contributed by atoms with Gasteiger partial charge in [-0.1, -0.05) is 6.08 Å². The SMILES string of the molecule is C=C[C@@H]1C[C@H]2CCN1[C@H]([C@H](O)c1ccnc3ccc(OC)cc13)C2. The van der Waals surface area contributed by atoms with Crippen LogP contribution in [-0.4, -0.2) is 40.7 Å². The second-order valence-corrected chi connectivity index (χ2v) is 6.96. The first-order chi connectivity index (χ1) is 11.7. The van der Waals surface area contributed by atoms with E-state index in [-0.39, 0.29) is 6.04 Å². The van der Waals surface area contributed by atoms with Crippen molar-refractivity contribution in [2.45, 2.75) is 37.5 Å². The Morgan fingerprint density at radius 3 is 3.00 bits per heavy atom. The fraction of sp³-hybridized carbons (Fsp3) is 0.450. The van der Waals surface area contributed by atoms with Crippen molar-refractivity contribution in [3.05, 3.63) is 48.7 Å². The third-order valence-corrected chi connectivity index (χ3v) is 5.73. The van der Waals surface area contributed by atoms with Gasteiger partial charge in [-0.05, 0) is 61.6 Å². The standard InChI is InChI=1S/C20H24N2O2/c1-3-14-10-13-7-9-22(14)19(11-13)20(23)16-6-8-21-18-5-4-15(24-2)12-17(16)18/h3-6,8,12-14,19-20,23H,1,7,9-11H2,2H3/t13-,14-,19+,20-/m1/s1. The van der Waals surface area contributed by atoms with Crippen LogP contribution in [-0.2, 0) is 0 Å². The summed E-state index contributed by atoms with van der Waals surface area (Å²) in [5.74, 6) is 1.48. The smallest absolute Gasteiger partial charge is 0.119 e. The van der Waals surface area contributed by atoms with E-state index in [1.807, 2.05) is 30.3 Å². The van der Waals surface area contributed by atoms with Crippen molar-refractivity contribution in [1.82, 2.24) is 9.88 Å². The van der Waals surface area contributed by atoms with Gasteiger partial charge in [0.05, 0.1) is 18.7 Å². The van der Waals surface area contributed by atoms with Crippen molar-refractivity contribution < 1.29 is 9.84 Å². The fourth-order valence-electron chi connectivity index (χ4n) is 4.48. The lowest BCUT2D eigenvalue weighted by atomic mass is 9.76. The van der Waals surface area contributed by atoms with E-state index in [9.17, 15) is 5.11 Å². The van der Waals surface area contributed by atoms with Crippen LogP contribution < -0.4 is 4.74 Å². The van der Waals surface area contributed by atoms with Crippen LogP contribution in [0.15, 0.2) is 43.1 Å². The number of nitrogens with zero attached hydrogens (tertiary/aromatic N) is 2. The van der Waals surface area contributed by atoms with Gasteiger partial charge < -0.3 is 9.84 Å². The minimum absolute atomic E-state index is 0.150. The Hall–Kier alpha value is -1.91. The second-order valence-electron chi connectivity index (χ2n) is 6.96. The molecule has 3 fully saturated rings. The van der Waals surface area contributed by atoms with Crippen LogP contribution in [0.1, 0.15) is 30.9 Å². The molecule has 2 bridgehead atoms. The molecule has 4 nitrogen and oxygen atoms in total. The van der Waals surface area contributed by atoms with E-state index in [1.54, 1.807) is 13.3 Å². The van der Waals surface area contributed by atoms with Crippen LogP contribution in [0.5, 0.6) is 5.75 Å². The number of benzene rings is 1. The number of fused-ring (bicyclic) bond motifs is 4. The molecule has 3 saturated heterocycles. The van der Waals surface area contributed by atoms with Crippen LogP contribution >= 0.6 is 0 Å². The molecule has 5 rings (SSSR count). The molecule has 1 unspecified atom stereocenters. The average molecular weight is 324 g/mol. The third kappa shape index (κ3) is 2.50. The summed E-state index contributed by atoms with van der Waals surface area (Å²) < 4.78 is 5.35. The Morgan fingerprint density at radius 1 is 1.38 bits per heavy atom. The highest BCUT2D eigenvalue weighted by atomic mass is 16.5. The molecular formula is C20H24N2O2. The summed E-state index contributed by atoms with van der Waals surface area (Å²) in [4.78, 5) is 6.86. The minimum Gasteiger partial charge on any atom is -0.497 e. The molecule has 3 aliphatic heterocycles. The Kier molecular flexibility index (Phi) is 4.02.